The highest BCUT2D eigenvalue weighted by Gasteiger charge is 2.47. The van der Waals surface area contributed by atoms with Crippen molar-refractivity contribution in [2.45, 2.75) is 51.0 Å². The first-order chi connectivity index (χ1) is 13.1. The Hall–Kier alpha value is -1.75. The molecule has 3 aliphatic heterocycles. The highest BCUT2D eigenvalue weighted by Crippen LogP contribution is 2.52. The molecule has 2 unspecified atom stereocenters. The van der Waals surface area contributed by atoms with E-state index in [1.807, 2.05) is 0 Å². The van der Waals surface area contributed by atoms with Gasteiger partial charge in [-0.15, -0.1) is 0 Å². The number of benzene rings is 1. The minimum absolute atomic E-state index is 0.0880. The largest absolute Gasteiger partial charge is 0.486 e. The molecule has 146 valence electrons. The van der Waals surface area contributed by atoms with E-state index in [1.165, 1.54) is 24.0 Å². The quantitative estimate of drug-likeness (QED) is 0.869. The van der Waals surface area contributed by atoms with Crippen LogP contribution < -0.4 is 14.8 Å². The smallest absolute Gasteiger partial charge is 0.226 e. The first kappa shape index (κ1) is 17.4. The summed E-state index contributed by atoms with van der Waals surface area (Å²) in [6.07, 6.45) is 4.81. The summed E-state index contributed by atoms with van der Waals surface area (Å²) in [5.74, 6) is 2.61. The number of fused-ring (bicyclic) bond motifs is 3. The number of hydrogen-bond donors (Lipinski definition) is 1. The molecule has 27 heavy (non-hydrogen) atoms. The van der Waals surface area contributed by atoms with Crippen LogP contribution in [0.15, 0.2) is 12.1 Å². The zero-order valence-electron chi connectivity index (χ0n) is 16.4. The second-order valence-corrected chi connectivity index (χ2v) is 8.92. The Balaban J connectivity index is 1.55. The van der Waals surface area contributed by atoms with Crippen LogP contribution in [0, 0.1) is 11.8 Å². The fourth-order valence-corrected chi connectivity index (χ4v) is 5.50. The number of ether oxygens (including phenoxy) is 2. The molecule has 2 fully saturated rings. The molecule has 5 rings (SSSR count). The normalized spacial score (nSPS) is 27.2. The molecule has 0 aromatic heterocycles. The second kappa shape index (κ2) is 6.40. The second-order valence-electron chi connectivity index (χ2n) is 8.92. The van der Waals surface area contributed by atoms with Crippen molar-refractivity contribution in [3.8, 4) is 11.5 Å². The number of carbonyl (C=O) groups is 1. The topological polar surface area (TPSA) is 50.8 Å². The summed E-state index contributed by atoms with van der Waals surface area (Å²) in [4.78, 5) is 15.6. The highest BCUT2D eigenvalue weighted by molar-refractivity contribution is 5.80. The zero-order valence-corrected chi connectivity index (χ0v) is 16.4. The molecule has 0 bridgehead atoms. The van der Waals surface area contributed by atoms with Gasteiger partial charge in [0.2, 0.25) is 5.91 Å². The molecule has 4 aliphatic rings. The summed E-state index contributed by atoms with van der Waals surface area (Å²) in [5, 5.41) is 3.31. The third kappa shape index (κ3) is 2.65. The average molecular weight is 370 g/mol. The molecule has 5 heteroatoms. The first-order valence-electron chi connectivity index (χ1n) is 10.5. The molecular formula is C22H30N2O3. The van der Waals surface area contributed by atoms with Gasteiger partial charge in [0.05, 0.1) is 6.04 Å². The summed E-state index contributed by atoms with van der Waals surface area (Å²) in [6, 6.07) is 4.47. The lowest BCUT2D eigenvalue weighted by molar-refractivity contribution is -0.141. The van der Waals surface area contributed by atoms with Crippen molar-refractivity contribution >= 4 is 5.91 Å². The van der Waals surface area contributed by atoms with Gasteiger partial charge in [0.25, 0.3) is 0 Å². The Morgan fingerprint density at radius 3 is 2.48 bits per heavy atom. The standard InChI is InChI=1S/C22H30N2O3/c1-14(16-11-23-12-16)21(25)24-13-22(5-3-4-6-22)18-10-20-19(26-7-8-27-20)9-17(18)15(24)2/h9-10,14-16,23H,3-8,11-13H2,1-2H3. The maximum atomic E-state index is 13.4. The van der Waals surface area contributed by atoms with E-state index in [2.05, 4.69) is 36.2 Å². The van der Waals surface area contributed by atoms with Gasteiger partial charge in [-0.2, -0.15) is 0 Å². The van der Waals surface area contributed by atoms with Crippen LogP contribution in [-0.2, 0) is 10.2 Å². The predicted octanol–water partition coefficient (Wildman–Crippen LogP) is 3.03. The van der Waals surface area contributed by atoms with Crippen molar-refractivity contribution in [3.05, 3.63) is 23.3 Å². The molecular weight excluding hydrogens is 340 g/mol. The van der Waals surface area contributed by atoms with Crippen molar-refractivity contribution in [1.29, 1.82) is 0 Å². The van der Waals surface area contributed by atoms with E-state index in [0.29, 0.717) is 25.0 Å². The summed E-state index contributed by atoms with van der Waals surface area (Å²) < 4.78 is 11.7. The van der Waals surface area contributed by atoms with Gasteiger partial charge in [-0.25, -0.2) is 0 Å². The van der Waals surface area contributed by atoms with Crippen LogP contribution in [0.5, 0.6) is 11.5 Å². The van der Waals surface area contributed by atoms with Crippen LogP contribution in [0.1, 0.15) is 56.7 Å². The lowest BCUT2D eigenvalue weighted by Gasteiger charge is -2.48. The number of carbonyl (C=O) groups excluding carboxylic acids is 1. The Kier molecular flexibility index (Phi) is 4.12. The van der Waals surface area contributed by atoms with Gasteiger partial charge in [-0.05, 0) is 62.0 Å². The zero-order chi connectivity index (χ0) is 18.6. The Morgan fingerprint density at radius 2 is 1.85 bits per heavy atom. The average Bonchev–Trinajstić information content (AvgIpc) is 3.11. The molecule has 1 saturated carbocycles. The van der Waals surface area contributed by atoms with Gasteiger partial charge in [0, 0.05) is 17.9 Å². The summed E-state index contributed by atoms with van der Waals surface area (Å²) in [6.45, 7) is 8.29. The molecule has 1 aromatic carbocycles. The highest BCUT2D eigenvalue weighted by atomic mass is 16.6. The van der Waals surface area contributed by atoms with Crippen LogP contribution in [0.3, 0.4) is 0 Å². The molecule has 5 nitrogen and oxygen atoms in total. The summed E-state index contributed by atoms with van der Waals surface area (Å²) >= 11 is 0. The Morgan fingerprint density at radius 1 is 1.19 bits per heavy atom. The predicted molar refractivity (Wildman–Crippen MR) is 103 cm³/mol. The lowest BCUT2D eigenvalue weighted by Crippen LogP contribution is -2.54. The van der Waals surface area contributed by atoms with Crippen molar-refractivity contribution in [1.82, 2.24) is 10.2 Å². The van der Waals surface area contributed by atoms with Gasteiger partial charge in [-0.1, -0.05) is 19.8 Å². The molecule has 2 atom stereocenters. The van der Waals surface area contributed by atoms with E-state index in [0.717, 1.165) is 44.0 Å². The van der Waals surface area contributed by atoms with Crippen molar-refractivity contribution < 1.29 is 14.3 Å². The fourth-order valence-electron chi connectivity index (χ4n) is 5.50. The van der Waals surface area contributed by atoms with Crippen LogP contribution in [-0.4, -0.2) is 43.7 Å². The number of nitrogens with one attached hydrogen (secondary N) is 1. The number of hydrogen-bond acceptors (Lipinski definition) is 4. The molecule has 1 N–H and O–H groups in total. The Labute approximate surface area is 161 Å². The van der Waals surface area contributed by atoms with Crippen molar-refractivity contribution in [3.63, 3.8) is 0 Å². The van der Waals surface area contributed by atoms with Crippen LogP contribution in [0.2, 0.25) is 0 Å². The molecule has 3 heterocycles. The van der Waals surface area contributed by atoms with E-state index in [4.69, 9.17) is 9.47 Å². The van der Waals surface area contributed by atoms with Gasteiger partial charge < -0.3 is 19.7 Å². The molecule has 1 saturated heterocycles. The molecule has 1 amide bonds. The van der Waals surface area contributed by atoms with Crippen molar-refractivity contribution in [2.24, 2.45) is 11.8 Å². The number of nitrogens with zero attached hydrogens (tertiary/aromatic N) is 1. The summed E-state index contributed by atoms with van der Waals surface area (Å²) in [5.41, 5.74) is 2.75. The van der Waals surface area contributed by atoms with Crippen LogP contribution in [0.4, 0.5) is 0 Å². The minimum Gasteiger partial charge on any atom is -0.486 e. The minimum atomic E-state index is 0.0880. The third-order valence-corrected chi connectivity index (χ3v) is 7.43. The fraction of sp³-hybridized carbons (Fsp3) is 0.682. The van der Waals surface area contributed by atoms with E-state index < -0.39 is 0 Å². The third-order valence-electron chi connectivity index (χ3n) is 7.43. The number of amides is 1. The maximum absolute atomic E-state index is 13.4. The van der Waals surface area contributed by atoms with Gasteiger partial charge in [-0.3, -0.25) is 4.79 Å². The van der Waals surface area contributed by atoms with Gasteiger partial charge in [0.1, 0.15) is 13.2 Å². The van der Waals surface area contributed by atoms with Gasteiger partial charge in [0.15, 0.2) is 11.5 Å². The molecule has 1 spiro atoms. The van der Waals surface area contributed by atoms with Crippen molar-refractivity contribution in [2.75, 3.05) is 32.8 Å². The number of rotatable bonds is 2. The van der Waals surface area contributed by atoms with E-state index in [-0.39, 0.29) is 17.4 Å². The molecule has 0 radical (unpaired) electrons. The van der Waals surface area contributed by atoms with Crippen LogP contribution in [0.25, 0.3) is 0 Å². The molecule has 1 aliphatic carbocycles. The van der Waals surface area contributed by atoms with E-state index in [9.17, 15) is 4.79 Å². The van der Waals surface area contributed by atoms with Gasteiger partial charge >= 0.3 is 0 Å². The first-order valence-corrected chi connectivity index (χ1v) is 10.5. The Bertz CT molecular complexity index is 752. The van der Waals surface area contributed by atoms with Crippen LogP contribution >= 0.6 is 0 Å². The van der Waals surface area contributed by atoms with E-state index in [1.54, 1.807) is 0 Å². The molecule has 1 aromatic rings. The lowest BCUT2D eigenvalue weighted by atomic mass is 9.71. The monoisotopic (exact) mass is 370 g/mol. The maximum Gasteiger partial charge on any atom is 0.226 e. The SMILES string of the molecule is CC(C(=O)N1CC2(CCCC2)c2cc3c(cc2C1C)OCCO3)C1CNC1. The summed E-state index contributed by atoms with van der Waals surface area (Å²) in [7, 11) is 0. The van der Waals surface area contributed by atoms with E-state index >= 15 is 0 Å².